The molecule has 2 amide bonds. The van der Waals surface area contributed by atoms with Crippen LogP contribution in [0.15, 0.2) is 46.9 Å². The van der Waals surface area contributed by atoms with Crippen molar-refractivity contribution in [2.75, 3.05) is 13.2 Å². The van der Waals surface area contributed by atoms with E-state index in [1.54, 1.807) is 23.1 Å². The molecule has 0 fully saturated rings. The van der Waals surface area contributed by atoms with Gasteiger partial charge in [0.05, 0.1) is 5.02 Å². The largest absolute Gasteiger partial charge is 0.482 e. The number of ether oxygens (including phenoxy) is 1. The highest BCUT2D eigenvalue weighted by atomic mass is 79.9. The van der Waals surface area contributed by atoms with Crippen molar-refractivity contribution in [3.05, 3.63) is 63.1 Å². The van der Waals surface area contributed by atoms with Crippen LogP contribution >= 0.6 is 27.5 Å². The Balaban J connectivity index is 2.21. The van der Waals surface area contributed by atoms with Crippen LogP contribution < -0.4 is 10.1 Å². The Morgan fingerprint density at radius 2 is 1.97 bits per heavy atom. The summed E-state index contributed by atoms with van der Waals surface area (Å²) in [6.07, 6.45) is 1.34. The minimum absolute atomic E-state index is 0.151. The van der Waals surface area contributed by atoms with Crippen LogP contribution in [0.1, 0.15) is 37.8 Å². The summed E-state index contributed by atoms with van der Waals surface area (Å²) in [7, 11) is 0. The zero-order valence-corrected chi connectivity index (χ0v) is 19.9. The summed E-state index contributed by atoms with van der Waals surface area (Å²) in [5.41, 5.74) is 2.06. The van der Waals surface area contributed by atoms with Gasteiger partial charge in [-0.25, -0.2) is 0 Å². The third-order valence-corrected chi connectivity index (χ3v) is 5.40. The average molecular weight is 496 g/mol. The van der Waals surface area contributed by atoms with Crippen molar-refractivity contribution in [1.82, 2.24) is 10.2 Å². The van der Waals surface area contributed by atoms with Gasteiger partial charge in [-0.05, 0) is 43.5 Å². The lowest BCUT2D eigenvalue weighted by molar-refractivity contribution is -0.143. The lowest BCUT2D eigenvalue weighted by atomic mass is 10.1. The molecule has 0 saturated carbocycles. The van der Waals surface area contributed by atoms with Crippen LogP contribution in [-0.2, 0) is 16.1 Å². The van der Waals surface area contributed by atoms with Crippen molar-refractivity contribution in [3.63, 3.8) is 0 Å². The fourth-order valence-corrected chi connectivity index (χ4v) is 3.84. The molecule has 30 heavy (non-hydrogen) atoms. The second-order valence-electron chi connectivity index (χ2n) is 7.09. The van der Waals surface area contributed by atoms with Crippen molar-refractivity contribution < 1.29 is 14.3 Å². The third kappa shape index (κ3) is 7.03. The molecule has 0 heterocycles. The maximum absolute atomic E-state index is 13.1. The number of nitrogens with zero attached hydrogens (tertiary/aromatic N) is 1. The molecule has 0 radical (unpaired) electrons. The molecule has 0 unspecified atom stereocenters. The Morgan fingerprint density at radius 1 is 1.20 bits per heavy atom. The number of nitrogens with one attached hydrogen (secondary N) is 1. The monoisotopic (exact) mass is 494 g/mol. The first-order valence-corrected chi connectivity index (χ1v) is 11.2. The minimum atomic E-state index is -0.575. The highest BCUT2D eigenvalue weighted by Gasteiger charge is 2.28. The summed E-state index contributed by atoms with van der Waals surface area (Å²) in [5.74, 6) is 0.00298. The van der Waals surface area contributed by atoms with Gasteiger partial charge in [-0.1, -0.05) is 71.2 Å². The van der Waals surface area contributed by atoms with Gasteiger partial charge >= 0.3 is 0 Å². The highest BCUT2D eigenvalue weighted by molar-refractivity contribution is 9.10. The number of halogens is 2. The topological polar surface area (TPSA) is 58.6 Å². The number of hydrogen-bond donors (Lipinski definition) is 1. The predicted molar refractivity (Wildman–Crippen MR) is 124 cm³/mol. The van der Waals surface area contributed by atoms with Gasteiger partial charge in [0.25, 0.3) is 5.91 Å². The predicted octanol–water partition coefficient (Wildman–Crippen LogP) is 5.12. The molecule has 1 atom stereocenters. The van der Waals surface area contributed by atoms with E-state index in [4.69, 9.17) is 16.3 Å². The summed E-state index contributed by atoms with van der Waals surface area (Å²) in [6, 6.07) is 12.6. The number of amides is 2. The molecule has 5 nitrogen and oxygen atoms in total. The Kier molecular flexibility index (Phi) is 9.66. The molecule has 162 valence electrons. The molecule has 0 aliphatic heterocycles. The molecule has 0 bridgehead atoms. The first-order valence-electron chi connectivity index (χ1n) is 10.1. The van der Waals surface area contributed by atoms with Gasteiger partial charge in [0.2, 0.25) is 5.91 Å². The fourth-order valence-electron chi connectivity index (χ4n) is 3.11. The number of carbonyl (C=O) groups is 2. The molecule has 0 aliphatic carbocycles. The Bertz CT molecular complexity index is 875. The molecule has 2 rings (SSSR count). The van der Waals surface area contributed by atoms with Crippen molar-refractivity contribution in [2.24, 2.45) is 0 Å². The van der Waals surface area contributed by atoms with E-state index in [0.29, 0.717) is 30.3 Å². The van der Waals surface area contributed by atoms with E-state index in [9.17, 15) is 9.59 Å². The second-order valence-corrected chi connectivity index (χ2v) is 8.41. The molecule has 2 aromatic carbocycles. The molecule has 2 aromatic rings. The van der Waals surface area contributed by atoms with Crippen LogP contribution in [0.25, 0.3) is 0 Å². The summed E-state index contributed by atoms with van der Waals surface area (Å²) in [4.78, 5) is 27.5. The Morgan fingerprint density at radius 3 is 2.60 bits per heavy atom. The quantitative estimate of drug-likeness (QED) is 0.497. The number of carbonyl (C=O) groups excluding carboxylic acids is 2. The van der Waals surface area contributed by atoms with E-state index in [2.05, 4.69) is 21.2 Å². The molecule has 0 saturated heterocycles. The van der Waals surface area contributed by atoms with Crippen molar-refractivity contribution >= 4 is 39.3 Å². The molecule has 0 aromatic heterocycles. The van der Waals surface area contributed by atoms with E-state index in [-0.39, 0.29) is 18.4 Å². The maximum Gasteiger partial charge on any atom is 0.261 e. The molecule has 1 N–H and O–H groups in total. The third-order valence-electron chi connectivity index (χ3n) is 4.62. The van der Waals surface area contributed by atoms with Crippen LogP contribution in [0, 0.1) is 6.92 Å². The van der Waals surface area contributed by atoms with Gasteiger partial charge in [0, 0.05) is 17.6 Å². The van der Waals surface area contributed by atoms with Gasteiger partial charge < -0.3 is 15.0 Å². The Hall–Kier alpha value is -2.05. The van der Waals surface area contributed by atoms with E-state index < -0.39 is 6.04 Å². The van der Waals surface area contributed by atoms with E-state index in [1.807, 2.05) is 45.0 Å². The van der Waals surface area contributed by atoms with Gasteiger partial charge in [0.1, 0.15) is 11.8 Å². The maximum atomic E-state index is 13.1. The van der Waals surface area contributed by atoms with Gasteiger partial charge in [-0.15, -0.1) is 0 Å². The van der Waals surface area contributed by atoms with Crippen molar-refractivity contribution in [2.45, 2.75) is 46.2 Å². The number of benzene rings is 2. The summed E-state index contributed by atoms with van der Waals surface area (Å²) >= 11 is 9.54. The first kappa shape index (κ1) is 24.2. The molecular weight excluding hydrogens is 468 g/mol. The number of aryl methyl sites for hydroxylation is 1. The van der Waals surface area contributed by atoms with Gasteiger partial charge in [-0.3, -0.25) is 9.59 Å². The van der Waals surface area contributed by atoms with Crippen molar-refractivity contribution in [3.8, 4) is 5.75 Å². The van der Waals surface area contributed by atoms with Crippen LogP contribution in [-0.4, -0.2) is 35.9 Å². The first-order chi connectivity index (χ1) is 14.3. The minimum Gasteiger partial charge on any atom is -0.482 e. The molecule has 0 aliphatic rings. The van der Waals surface area contributed by atoms with Gasteiger partial charge in [0.15, 0.2) is 6.61 Å². The summed E-state index contributed by atoms with van der Waals surface area (Å²) < 4.78 is 6.50. The second kappa shape index (κ2) is 12.0. The lowest BCUT2D eigenvalue weighted by Crippen LogP contribution is -2.50. The standard InChI is InChI=1S/C23H28BrClN2O3/c1-4-11-26-23(29)20(5-2)27(14-17-8-6-7-16(3)12-17)22(28)15-30-21-10-9-18(24)13-19(21)25/h6-10,12-13,20H,4-5,11,14-15H2,1-3H3,(H,26,29)/t20-/m1/s1. The van der Waals surface area contributed by atoms with E-state index in [0.717, 1.165) is 22.0 Å². The molecule has 0 spiro atoms. The number of rotatable bonds is 10. The zero-order valence-electron chi connectivity index (χ0n) is 17.6. The van der Waals surface area contributed by atoms with Crippen LogP contribution in [0.5, 0.6) is 5.75 Å². The summed E-state index contributed by atoms with van der Waals surface area (Å²) in [5, 5.41) is 3.32. The summed E-state index contributed by atoms with van der Waals surface area (Å²) in [6.45, 7) is 6.60. The zero-order chi connectivity index (χ0) is 22.1. The normalized spacial score (nSPS) is 11.6. The van der Waals surface area contributed by atoms with Crippen molar-refractivity contribution in [1.29, 1.82) is 0 Å². The van der Waals surface area contributed by atoms with Crippen LogP contribution in [0.3, 0.4) is 0 Å². The molecular formula is C23H28BrClN2O3. The lowest BCUT2D eigenvalue weighted by Gasteiger charge is -2.30. The smallest absolute Gasteiger partial charge is 0.261 e. The highest BCUT2D eigenvalue weighted by Crippen LogP contribution is 2.28. The van der Waals surface area contributed by atoms with E-state index in [1.165, 1.54) is 0 Å². The van der Waals surface area contributed by atoms with E-state index >= 15 is 0 Å². The van der Waals surface area contributed by atoms with Crippen LogP contribution in [0.2, 0.25) is 5.02 Å². The average Bonchev–Trinajstić information content (AvgIpc) is 2.71. The molecule has 7 heteroatoms. The number of hydrogen-bond acceptors (Lipinski definition) is 3. The SMILES string of the molecule is CCCNC(=O)[C@@H](CC)N(Cc1cccc(C)c1)C(=O)COc1ccc(Br)cc1Cl. The fraction of sp³-hybridized carbons (Fsp3) is 0.391. The van der Waals surface area contributed by atoms with Gasteiger partial charge in [-0.2, -0.15) is 0 Å². The Labute approximate surface area is 191 Å². The van der Waals surface area contributed by atoms with Crippen LogP contribution in [0.4, 0.5) is 0 Å².